The summed E-state index contributed by atoms with van der Waals surface area (Å²) >= 11 is 0. The average molecular weight is 546 g/mol. The molecular formula is C33H39NO6. The van der Waals surface area contributed by atoms with E-state index in [9.17, 15) is 29.1 Å². The summed E-state index contributed by atoms with van der Waals surface area (Å²) in [5.74, 6) is -4.57. The fourth-order valence-electron chi connectivity index (χ4n) is 7.08. The maximum Gasteiger partial charge on any atom is 0.224 e. The lowest BCUT2D eigenvalue weighted by molar-refractivity contribution is -0.124. The van der Waals surface area contributed by atoms with Gasteiger partial charge in [-0.15, -0.1) is 0 Å². The number of hydrogen-bond donors (Lipinski definition) is 2. The Kier molecular flexibility index (Phi) is 7.65. The number of nitrogens with one attached hydrogen (secondary N) is 1. The van der Waals surface area contributed by atoms with Crippen molar-refractivity contribution in [3.05, 3.63) is 63.3 Å². The number of carbonyl (C=O) groups excluding carboxylic acids is 5. The first-order valence-corrected chi connectivity index (χ1v) is 14.0. The van der Waals surface area contributed by atoms with E-state index in [4.69, 9.17) is 0 Å². The molecule has 4 aliphatic rings. The minimum atomic E-state index is -1.62. The molecule has 212 valence electrons. The molecule has 5 rings (SSSR count). The van der Waals surface area contributed by atoms with Gasteiger partial charge in [0.05, 0.1) is 5.56 Å². The van der Waals surface area contributed by atoms with E-state index in [1.807, 2.05) is 39.8 Å². The van der Waals surface area contributed by atoms with Crippen LogP contribution in [-0.4, -0.2) is 39.7 Å². The SMILES string of the molecule is CC1=C[C@@H](C)C=C(C)C(=O)[C@H](C)[C@@H]2[C@@H](CC(C)C)C(=O)N[C@@]23CC(=O)c2c(cc(C)c(O)c2C(=O)C(C)=C1)C3=O. The highest BCUT2D eigenvalue weighted by Gasteiger charge is 2.63. The molecule has 5 atom stereocenters. The number of aromatic hydroxyl groups is 1. The van der Waals surface area contributed by atoms with Crippen molar-refractivity contribution in [3.63, 3.8) is 0 Å². The number of phenolic OH excluding ortho intramolecular Hbond substituents is 1. The van der Waals surface area contributed by atoms with Crippen LogP contribution in [0.25, 0.3) is 0 Å². The molecule has 3 aliphatic carbocycles. The van der Waals surface area contributed by atoms with Crippen molar-refractivity contribution in [2.75, 3.05) is 0 Å². The molecule has 2 N–H and O–H groups in total. The zero-order valence-corrected chi connectivity index (χ0v) is 24.6. The summed E-state index contributed by atoms with van der Waals surface area (Å²) in [6.07, 6.45) is 5.52. The van der Waals surface area contributed by atoms with E-state index in [2.05, 4.69) is 5.32 Å². The third-order valence-corrected chi connectivity index (χ3v) is 8.68. The van der Waals surface area contributed by atoms with Crippen molar-refractivity contribution in [3.8, 4) is 5.75 Å². The largest absolute Gasteiger partial charge is 0.507 e. The third-order valence-electron chi connectivity index (χ3n) is 8.68. The predicted octanol–water partition coefficient (Wildman–Crippen LogP) is 5.49. The van der Waals surface area contributed by atoms with Crippen molar-refractivity contribution in [1.29, 1.82) is 0 Å². The molecule has 7 heteroatoms. The Labute approximate surface area is 235 Å². The van der Waals surface area contributed by atoms with E-state index in [0.29, 0.717) is 17.6 Å². The Balaban J connectivity index is 2.08. The third kappa shape index (κ3) is 4.69. The highest BCUT2D eigenvalue weighted by molar-refractivity contribution is 6.26. The quantitative estimate of drug-likeness (QED) is 0.507. The van der Waals surface area contributed by atoms with E-state index >= 15 is 0 Å². The Morgan fingerprint density at radius 1 is 0.975 bits per heavy atom. The van der Waals surface area contributed by atoms with Gasteiger partial charge in [-0.25, -0.2) is 0 Å². The number of aryl methyl sites for hydroxylation is 1. The standard InChI is InChI=1S/C33H39NO6/c1-15(2)9-23-27-21(8)28(36)18(5)11-16(3)10-17(4)12-19(6)29(37)26-25-22(13-20(7)30(26)38)31(39)33(27,14-24(25)35)34-32(23)40/h10-13,15-16,21,23,27,38H,9,14H2,1-8H3,(H,34,40)/t16-,21-,23-,27-,33+/m1/s1. The molecule has 1 amide bonds. The molecule has 1 aromatic rings. The Morgan fingerprint density at radius 2 is 1.62 bits per heavy atom. The number of carbonyl (C=O) groups is 5. The maximum atomic E-state index is 14.5. The van der Waals surface area contributed by atoms with Gasteiger partial charge in [-0.05, 0) is 68.7 Å². The van der Waals surface area contributed by atoms with Gasteiger partial charge in [-0.3, -0.25) is 24.0 Å². The van der Waals surface area contributed by atoms with Crippen molar-refractivity contribution < 1.29 is 29.1 Å². The zero-order chi connectivity index (χ0) is 29.8. The number of Topliss-reactive ketones (excluding diaryl/α,β-unsaturated/α-hetero) is 4. The number of hydrogen-bond acceptors (Lipinski definition) is 6. The van der Waals surface area contributed by atoms with Crippen LogP contribution in [0.2, 0.25) is 0 Å². The van der Waals surface area contributed by atoms with Crippen LogP contribution in [-0.2, 0) is 9.59 Å². The van der Waals surface area contributed by atoms with Crippen molar-refractivity contribution >= 4 is 29.0 Å². The van der Waals surface area contributed by atoms with Gasteiger partial charge >= 0.3 is 0 Å². The predicted molar refractivity (Wildman–Crippen MR) is 152 cm³/mol. The van der Waals surface area contributed by atoms with Crippen LogP contribution in [0, 0.1) is 36.5 Å². The number of rotatable bonds is 2. The fourth-order valence-corrected chi connectivity index (χ4v) is 7.08. The Bertz CT molecular complexity index is 1440. The van der Waals surface area contributed by atoms with E-state index in [-0.39, 0.29) is 58.0 Å². The van der Waals surface area contributed by atoms with Gasteiger partial charge in [-0.2, -0.15) is 0 Å². The van der Waals surface area contributed by atoms with Crippen LogP contribution in [0.15, 0.2) is 41.0 Å². The van der Waals surface area contributed by atoms with Crippen molar-refractivity contribution in [2.24, 2.45) is 29.6 Å². The summed E-state index contributed by atoms with van der Waals surface area (Å²) in [7, 11) is 0. The number of fused-ring (bicyclic) bond motifs is 7. The molecule has 0 saturated carbocycles. The number of phenols is 1. The second-order valence-corrected chi connectivity index (χ2v) is 12.4. The molecule has 0 radical (unpaired) electrons. The van der Waals surface area contributed by atoms with Gasteiger partial charge in [0.25, 0.3) is 0 Å². The maximum absolute atomic E-state index is 14.5. The van der Waals surface area contributed by atoms with Crippen LogP contribution in [0.4, 0.5) is 0 Å². The molecule has 7 nitrogen and oxygen atoms in total. The first kappa shape index (κ1) is 29.4. The summed E-state index contributed by atoms with van der Waals surface area (Å²) in [6.45, 7) is 14.4. The molecular weight excluding hydrogens is 506 g/mol. The van der Waals surface area contributed by atoms with Gasteiger partial charge in [-0.1, -0.05) is 51.5 Å². The second-order valence-electron chi connectivity index (χ2n) is 12.4. The Morgan fingerprint density at radius 3 is 2.25 bits per heavy atom. The van der Waals surface area contributed by atoms with Crippen LogP contribution >= 0.6 is 0 Å². The van der Waals surface area contributed by atoms with Gasteiger partial charge in [0, 0.05) is 35.3 Å². The molecule has 1 heterocycles. The van der Waals surface area contributed by atoms with Gasteiger partial charge < -0.3 is 10.4 Å². The summed E-state index contributed by atoms with van der Waals surface area (Å²) < 4.78 is 0. The number of ketones is 4. The molecule has 40 heavy (non-hydrogen) atoms. The van der Waals surface area contributed by atoms with E-state index in [1.54, 1.807) is 33.8 Å². The topological polar surface area (TPSA) is 118 Å². The fraction of sp³-hybridized carbons (Fsp3) is 0.485. The minimum absolute atomic E-state index is 0.00177. The molecule has 1 aromatic carbocycles. The normalized spacial score (nSPS) is 29.3. The summed E-state index contributed by atoms with van der Waals surface area (Å²) in [6, 6.07) is 1.42. The number of benzene rings is 1. The first-order valence-electron chi connectivity index (χ1n) is 14.0. The molecule has 1 aliphatic heterocycles. The second kappa shape index (κ2) is 10.4. The minimum Gasteiger partial charge on any atom is -0.507 e. The van der Waals surface area contributed by atoms with Crippen LogP contribution < -0.4 is 5.32 Å². The zero-order valence-electron chi connectivity index (χ0n) is 24.6. The van der Waals surface area contributed by atoms with Crippen LogP contribution in [0.5, 0.6) is 5.75 Å². The van der Waals surface area contributed by atoms with Crippen LogP contribution in [0.3, 0.4) is 0 Å². The van der Waals surface area contributed by atoms with Crippen molar-refractivity contribution in [2.45, 2.75) is 73.8 Å². The highest BCUT2D eigenvalue weighted by Crippen LogP contribution is 2.49. The molecule has 1 saturated heterocycles. The summed E-state index contributed by atoms with van der Waals surface area (Å²) in [5.41, 5.74) is -0.0620. The highest BCUT2D eigenvalue weighted by atomic mass is 16.3. The molecule has 0 aromatic heterocycles. The van der Waals surface area contributed by atoms with E-state index in [0.717, 1.165) is 5.57 Å². The molecule has 4 bridgehead atoms. The van der Waals surface area contributed by atoms with Gasteiger partial charge in [0.15, 0.2) is 23.1 Å². The van der Waals surface area contributed by atoms with Crippen molar-refractivity contribution in [1.82, 2.24) is 5.32 Å². The van der Waals surface area contributed by atoms with Gasteiger partial charge in [0.2, 0.25) is 5.91 Å². The lowest BCUT2D eigenvalue weighted by Gasteiger charge is -2.41. The summed E-state index contributed by atoms with van der Waals surface area (Å²) in [5, 5.41) is 13.9. The summed E-state index contributed by atoms with van der Waals surface area (Å²) in [4.78, 5) is 69.5. The number of allylic oxidation sites excluding steroid dienone is 6. The van der Waals surface area contributed by atoms with Crippen LogP contribution in [0.1, 0.15) is 97.9 Å². The molecule has 1 spiro atoms. The smallest absolute Gasteiger partial charge is 0.224 e. The Hall–Kier alpha value is -3.61. The monoisotopic (exact) mass is 545 g/mol. The van der Waals surface area contributed by atoms with E-state index in [1.165, 1.54) is 6.07 Å². The molecule has 1 fully saturated rings. The lowest BCUT2D eigenvalue weighted by atomic mass is 9.61. The average Bonchev–Trinajstić information content (AvgIpc) is 3.12. The lowest BCUT2D eigenvalue weighted by Crippen LogP contribution is -2.59. The molecule has 0 unspecified atom stereocenters. The van der Waals surface area contributed by atoms with E-state index < -0.39 is 40.6 Å². The number of amides is 1. The van der Waals surface area contributed by atoms with Gasteiger partial charge in [0.1, 0.15) is 11.3 Å². The first-order chi connectivity index (χ1) is 18.6.